The van der Waals surface area contributed by atoms with E-state index in [0.29, 0.717) is 31.3 Å². The molecule has 0 amide bonds. The quantitative estimate of drug-likeness (QED) is 0.237. The molecule has 4 aliphatic carbocycles. The van der Waals surface area contributed by atoms with Crippen LogP contribution in [-0.2, 0) is 23.9 Å². The van der Waals surface area contributed by atoms with E-state index in [1.165, 1.54) is 7.11 Å². The molecule has 5 aliphatic rings. The first-order valence-electron chi connectivity index (χ1n) is 15.6. The third-order valence-electron chi connectivity index (χ3n) is 11.3. The molecule has 0 aromatic heterocycles. The fraction of sp³-hybridized carbons (Fsp3) is 0.629. The molecule has 0 aromatic carbocycles. The lowest BCUT2D eigenvalue weighted by molar-refractivity contribution is -0.163. The van der Waals surface area contributed by atoms with E-state index in [9.17, 15) is 24.6 Å². The summed E-state index contributed by atoms with van der Waals surface area (Å²) < 4.78 is 11.3. The summed E-state index contributed by atoms with van der Waals surface area (Å²) in [5, 5.41) is 23.6. The molecule has 0 unspecified atom stereocenters. The Morgan fingerprint density at radius 1 is 1.14 bits per heavy atom. The lowest BCUT2D eigenvalue weighted by atomic mass is 9.51. The second kappa shape index (κ2) is 11.0. The van der Waals surface area contributed by atoms with Crippen LogP contribution in [0.4, 0.5) is 0 Å². The molecule has 1 saturated heterocycles. The number of aliphatic hydroxyl groups is 2. The highest BCUT2D eigenvalue weighted by molar-refractivity contribution is 6.26. The molecule has 2 bridgehead atoms. The average molecular weight is 579 g/mol. The summed E-state index contributed by atoms with van der Waals surface area (Å²) in [6.07, 6.45) is 15.5. The number of esters is 2. The smallest absolute Gasteiger partial charge is 0.346 e. The van der Waals surface area contributed by atoms with Crippen molar-refractivity contribution in [1.29, 1.82) is 0 Å². The highest BCUT2D eigenvalue weighted by atomic mass is 16.6. The van der Waals surface area contributed by atoms with Crippen molar-refractivity contribution in [2.45, 2.75) is 91.3 Å². The van der Waals surface area contributed by atoms with Gasteiger partial charge < -0.3 is 19.7 Å². The summed E-state index contributed by atoms with van der Waals surface area (Å²) in [5.74, 6) is -2.73. The zero-order valence-electron chi connectivity index (χ0n) is 25.8. The monoisotopic (exact) mass is 578 g/mol. The van der Waals surface area contributed by atoms with Gasteiger partial charge in [0, 0.05) is 23.3 Å². The van der Waals surface area contributed by atoms with Crippen LogP contribution in [0.3, 0.4) is 0 Å². The summed E-state index contributed by atoms with van der Waals surface area (Å²) in [6.45, 7) is 9.79. The van der Waals surface area contributed by atoms with Gasteiger partial charge in [0.2, 0.25) is 5.78 Å². The summed E-state index contributed by atoms with van der Waals surface area (Å²) in [7, 11) is 1.34. The van der Waals surface area contributed by atoms with Crippen molar-refractivity contribution in [3.05, 3.63) is 58.9 Å². The number of hydrogen-bond acceptors (Lipinski definition) is 7. The zero-order chi connectivity index (χ0) is 30.6. The Labute approximate surface area is 249 Å². The van der Waals surface area contributed by atoms with Crippen LogP contribution in [0.15, 0.2) is 58.9 Å². The maximum Gasteiger partial charge on any atom is 0.346 e. The van der Waals surface area contributed by atoms with Crippen LogP contribution in [0.5, 0.6) is 0 Å². The highest BCUT2D eigenvalue weighted by Crippen LogP contribution is 2.61. The fourth-order valence-electron chi connectivity index (χ4n) is 8.97. The van der Waals surface area contributed by atoms with Crippen molar-refractivity contribution < 1.29 is 34.1 Å². The van der Waals surface area contributed by atoms with Gasteiger partial charge >= 0.3 is 11.9 Å². The van der Waals surface area contributed by atoms with E-state index in [-0.39, 0.29) is 47.3 Å². The van der Waals surface area contributed by atoms with Gasteiger partial charge in [-0.3, -0.25) is 4.79 Å². The van der Waals surface area contributed by atoms with Crippen LogP contribution in [0.1, 0.15) is 79.6 Å². The van der Waals surface area contributed by atoms with Crippen LogP contribution >= 0.6 is 0 Å². The molecular formula is C35H46O7. The number of carbonyl (C=O) groups excluding carboxylic acids is 3. The van der Waals surface area contributed by atoms with Crippen LogP contribution in [0.2, 0.25) is 0 Å². The molecule has 5 rings (SSSR count). The van der Waals surface area contributed by atoms with E-state index in [0.717, 1.165) is 18.4 Å². The van der Waals surface area contributed by atoms with Gasteiger partial charge in [0.1, 0.15) is 11.3 Å². The number of hydrogen-bond donors (Lipinski definition) is 2. The number of allylic oxidation sites excluding steroid dienone is 5. The van der Waals surface area contributed by atoms with E-state index >= 15 is 0 Å². The summed E-state index contributed by atoms with van der Waals surface area (Å²) >= 11 is 0. The molecular weight excluding hydrogens is 532 g/mol. The van der Waals surface area contributed by atoms with Crippen molar-refractivity contribution in [3.63, 3.8) is 0 Å². The Morgan fingerprint density at radius 3 is 2.55 bits per heavy atom. The average Bonchev–Trinajstić information content (AvgIpc) is 3.22. The largest absolute Gasteiger partial charge is 0.511 e. The van der Waals surface area contributed by atoms with Gasteiger partial charge in [0.15, 0.2) is 5.60 Å². The van der Waals surface area contributed by atoms with Gasteiger partial charge in [-0.25, -0.2) is 9.59 Å². The molecule has 1 heterocycles. The molecule has 9 atom stereocenters. The Morgan fingerprint density at radius 2 is 1.88 bits per heavy atom. The number of aliphatic hydroxyl groups excluding tert-OH is 2. The second-order valence-corrected chi connectivity index (χ2v) is 13.5. The normalized spacial score (nSPS) is 45.4. The predicted octanol–water partition coefficient (Wildman–Crippen LogP) is 6.10. The van der Waals surface area contributed by atoms with Crippen molar-refractivity contribution in [1.82, 2.24) is 0 Å². The maximum absolute atomic E-state index is 14.8. The molecule has 2 fully saturated rings. The summed E-state index contributed by atoms with van der Waals surface area (Å²) in [4.78, 5) is 41.6. The minimum absolute atomic E-state index is 0.117. The first-order valence-corrected chi connectivity index (χ1v) is 15.6. The number of ether oxygens (including phenoxy) is 2. The predicted molar refractivity (Wildman–Crippen MR) is 159 cm³/mol. The zero-order valence-corrected chi connectivity index (χ0v) is 25.8. The van der Waals surface area contributed by atoms with Crippen LogP contribution < -0.4 is 0 Å². The van der Waals surface area contributed by atoms with Crippen molar-refractivity contribution >= 4 is 17.7 Å². The van der Waals surface area contributed by atoms with Crippen LogP contribution in [-0.4, -0.2) is 46.7 Å². The minimum atomic E-state index is -1.61. The topological polar surface area (TPSA) is 110 Å². The molecule has 228 valence electrons. The number of methoxy groups -OCH3 is 1. The lowest BCUT2D eigenvalue weighted by Crippen LogP contribution is -2.55. The molecule has 0 aromatic rings. The van der Waals surface area contributed by atoms with Crippen LogP contribution in [0, 0.1) is 40.4 Å². The first kappa shape index (κ1) is 30.5. The minimum Gasteiger partial charge on any atom is -0.511 e. The van der Waals surface area contributed by atoms with Crippen molar-refractivity contribution in [2.24, 2.45) is 40.4 Å². The molecule has 2 N–H and O–H groups in total. The van der Waals surface area contributed by atoms with Gasteiger partial charge in [-0.2, -0.15) is 0 Å². The van der Waals surface area contributed by atoms with E-state index in [1.807, 2.05) is 40.7 Å². The Balaban J connectivity index is 1.78. The summed E-state index contributed by atoms with van der Waals surface area (Å²) in [6, 6.07) is 0. The standard InChI is InChI=1S/C35H46O7/c1-7-22-18-35-30(38)27(32(40)42-35)29(37)34(8-2)23(14-15-24-26(34)16-13-21(4)28(24)36)12-10-9-11-20(3)17-33(35,5)19-25(22)31(39)41-6/h9-10,14-15,17,19,21-24,26,28,36-37H,7-8,11-13,16,18H2,1-6H3/b10-9+,20-17+,29-27-/t21-,22-,23+,24-,26+,28-,33-,34+,35+/m0/s1. The molecule has 1 aliphatic heterocycles. The lowest BCUT2D eigenvalue weighted by Gasteiger charge is -2.54. The molecule has 0 radical (unpaired) electrons. The van der Waals surface area contributed by atoms with Gasteiger partial charge in [-0.1, -0.05) is 62.8 Å². The van der Waals surface area contributed by atoms with Gasteiger partial charge in [0.05, 0.1) is 18.6 Å². The first-order chi connectivity index (χ1) is 19.9. The van der Waals surface area contributed by atoms with Crippen molar-refractivity contribution in [2.75, 3.05) is 7.11 Å². The molecule has 7 nitrogen and oxygen atoms in total. The van der Waals surface area contributed by atoms with Gasteiger partial charge in [-0.05, 0) is 76.0 Å². The number of carbonyl (C=O) groups is 3. The van der Waals surface area contributed by atoms with Crippen molar-refractivity contribution in [3.8, 4) is 0 Å². The molecule has 42 heavy (non-hydrogen) atoms. The highest BCUT2D eigenvalue weighted by Gasteiger charge is 2.66. The number of Topliss-reactive ketones (excluding diaryl/α,β-unsaturated/α-hetero) is 1. The van der Waals surface area contributed by atoms with E-state index in [1.54, 1.807) is 6.08 Å². The van der Waals surface area contributed by atoms with E-state index in [4.69, 9.17) is 9.47 Å². The Hall–Kier alpha value is -2.93. The fourth-order valence-corrected chi connectivity index (χ4v) is 8.97. The Kier molecular flexibility index (Phi) is 7.97. The molecule has 7 heteroatoms. The second-order valence-electron chi connectivity index (χ2n) is 13.5. The van der Waals surface area contributed by atoms with Crippen LogP contribution in [0.25, 0.3) is 0 Å². The SMILES string of the molecule is CC[C@H]1C[C@]23OC(=O)/C(=C(\O)[C@@]4(CC)[C@@H]5CC[C@H](C)[C@H](O)[C@H]5C=C[C@H]4C/C=C/C/C(C)=C/[C@@]2(C)C=C1C(=O)OC)C3=O. The third-order valence-corrected chi connectivity index (χ3v) is 11.3. The number of ketones is 1. The Bertz CT molecular complexity index is 1320. The number of fused-ring (bicyclic) bond motifs is 4. The maximum atomic E-state index is 14.8. The van der Waals surface area contributed by atoms with E-state index < -0.39 is 40.3 Å². The summed E-state index contributed by atoms with van der Waals surface area (Å²) in [5.41, 5.74) is -2.50. The van der Waals surface area contributed by atoms with Gasteiger partial charge in [-0.15, -0.1) is 0 Å². The number of rotatable bonds is 3. The molecule has 1 spiro atoms. The third kappa shape index (κ3) is 4.29. The van der Waals surface area contributed by atoms with E-state index in [2.05, 4.69) is 24.3 Å². The van der Waals surface area contributed by atoms with Gasteiger partial charge in [0.25, 0.3) is 0 Å². The molecule has 1 saturated carbocycles.